The molecular formula is C12H18N6. The fourth-order valence-corrected chi connectivity index (χ4v) is 1.67. The number of imidazole rings is 1. The molecule has 2 aromatic rings. The van der Waals surface area contributed by atoms with Crippen molar-refractivity contribution in [3.05, 3.63) is 30.1 Å². The highest BCUT2D eigenvalue weighted by atomic mass is 15.1. The van der Waals surface area contributed by atoms with Crippen molar-refractivity contribution in [2.45, 2.75) is 20.4 Å². The first-order valence-corrected chi connectivity index (χ1v) is 5.98. The highest BCUT2D eigenvalue weighted by Crippen LogP contribution is 2.11. The topological polar surface area (TPSA) is 67.7 Å². The second-order valence-electron chi connectivity index (χ2n) is 4.02. The van der Waals surface area contributed by atoms with Gasteiger partial charge >= 0.3 is 0 Å². The van der Waals surface area contributed by atoms with Crippen molar-refractivity contribution in [1.29, 1.82) is 0 Å². The lowest BCUT2D eigenvalue weighted by Crippen LogP contribution is -2.09. The summed E-state index contributed by atoms with van der Waals surface area (Å²) in [5.74, 6) is 3.36. The summed E-state index contributed by atoms with van der Waals surface area (Å²) in [5.41, 5.74) is 0. The Kier molecular flexibility index (Phi) is 3.76. The van der Waals surface area contributed by atoms with Gasteiger partial charge in [-0.3, -0.25) is 0 Å². The lowest BCUT2D eigenvalue weighted by atomic mass is 10.4. The molecule has 0 spiro atoms. The fraction of sp³-hybridized carbons (Fsp3) is 0.417. The van der Waals surface area contributed by atoms with Crippen LogP contribution in [0.25, 0.3) is 0 Å². The quantitative estimate of drug-likeness (QED) is 0.838. The number of nitrogens with zero attached hydrogens (tertiary/aromatic N) is 4. The molecule has 0 saturated carbocycles. The van der Waals surface area contributed by atoms with Crippen molar-refractivity contribution in [3.63, 3.8) is 0 Å². The van der Waals surface area contributed by atoms with Crippen LogP contribution < -0.4 is 10.6 Å². The number of nitrogens with one attached hydrogen (secondary N) is 2. The van der Waals surface area contributed by atoms with Crippen LogP contribution in [0.1, 0.15) is 18.6 Å². The Balaban J connectivity index is 2.07. The van der Waals surface area contributed by atoms with E-state index in [1.807, 2.05) is 37.7 Å². The van der Waals surface area contributed by atoms with E-state index in [2.05, 4.69) is 25.6 Å². The van der Waals surface area contributed by atoms with E-state index in [1.54, 1.807) is 6.20 Å². The normalized spacial score (nSPS) is 10.4. The summed E-state index contributed by atoms with van der Waals surface area (Å²) in [6.07, 6.45) is 3.71. The molecule has 0 aliphatic rings. The Labute approximate surface area is 106 Å². The van der Waals surface area contributed by atoms with Gasteiger partial charge in [-0.2, -0.15) is 0 Å². The first kappa shape index (κ1) is 12.3. The van der Waals surface area contributed by atoms with E-state index < -0.39 is 0 Å². The average molecular weight is 246 g/mol. The van der Waals surface area contributed by atoms with Gasteiger partial charge in [-0.1, -0.05) is 0 Å². The monoisotopic (exact) mass is 246 g/mol. The summed E-state index contributed by atoms with van der Waals surface area (Å²) in [4.78, 5) is 12.9. The third kappa shape index (κ3) is 2.97. The number of aryl methyl sites for hydroxylation is 2. The molecule has 2 heterocycles. The zero-order chi connectivity index (χ0) is 13.0. The summed E-state index contributed by atoms with van der Waals surface area (Å²) in [6.45, 7) is 5.41. The maximum Gasteiger partial charge on any atom is 0.132 e. The van der Waals surface area contributed by atoms with Gasteiger partial charge in [-0.25, -0.2) is 15.0 Å². The summed E-state index contributed by atoms with van der Waals surface area (Å²) in [5, 5.41) is 6.43. The van der Waals surface area contributed by atoms with E-state index in [1.165, 1.54) is 0 Å². The van der Waals surface area contributed by atoms with E-state index in [0.717, 1.165) is 29.8 Å². The van der Waals surface area contributed by atoms with Crippen molar-refractivity contribution in [2.75, 3.05) is 17.2 Å². The SMILES string of the molecule is CCNc1cc(NCc2nccn2C)nc(C)n1. The lowest BCUT2D eigenvalue weighted by molar-refractivity contribution is 0.809. The van der Waals surface area contributed by atoms with E-state index in [9.17, 15) is 0 Å². The van der Waals surface area contributed by atoms with Crippen molar-refractivity contribution >= 4 is 11.6 Å². The molecule has 6 nitrogen and oxygen atoms in total. The molecule has 2 aromatic heterocycles. The van der Waals surface area contributed by atoms with E-state index in [0.29, 0.717) is 6.54 Å². The zero-order valence-electron chi connectivity index (χ0n) is 10.9. The second kappa shape index (κ2) is 5.48. The fourth-order valence-electron chi connectivity index (χ4n) is 1.67. The Morgan fingerprint density at radius 2 is 1.94 bits per heavy atom. The minimum atomic E-state index is 0.644. The van der Waals surface area contributed by atoms with Gasteiger partial charge < -0.3 is 15.2 Å². The molecule has 0 atom stereocenters. The Morgan fingerprint density at radius 3 is 2.56 bits per heavy atom. The van der Waals surface area contributed by atoms with Gasteiger partial charge in [0, 0.05) is 32.1 Å². The van der Waals surface area contributed by atoms with Gasteiger partial charge in [-0.05, 0) is 13.8 Å². The predicted octanol–water partition coefficient (Wildman–Crippen LogP) is 1.56. The summed E-state index contributed by atoms with van der Waals surface area (Å²) in [6, 6.07) is 1.90. The molecule has 2 rings (SSSR count). The van der Waals surface area contributed by atoms with Crippen molar-refractivity contribution < 1.29 is 0 Å². The maximum absolute atomic E-state index is 4.35. The standard InChI is InChI=1S/C12H18N6/c1-4-13-10-7-11(17-9(2)16-10)15-8-12-14-5-6-18(12)3/h5-7H,4,8H2,1-3H3,(H2,13,15,16,17). The smallest absolute Gasteiger partial charge is 0.132 e. The van der Waals surface area contributed by atoms with E-state index in [-0.39, 0.29) is 0 Å². The molecule has 0 saturated heterocycles. The van der Waals surface area contributed by atoms with Crippen LogP contribution in [0, 0.1) is 6.92 Å². The molecule has 18 heavy (non-hydrogen) atoms. The van der Waals surface area contributed by atoms with Crippen molar-refractivity contribution in [2.24, 2.45) is 7.05 Å². The number of anilines is 2. The Hall–Kier alpha value is -2.11. The molecule has 96 valence electrons. The molecule has 0 amide bonds. The van der Waals surface area contributed by atoms with Crippen LogP contribution in [0.4, 0.5) is 11.6 Å². The largest absolute Gasteiger partial charge is 0.370 e. The molecule has 0 aromatic carbocycles. The number of hydrogen-bond acceptors (Lipinski definition) is 5. The number of rotatable bonds is 5. The molecule has 0 bridgehead atoms. The van der Waals surface area contributed by atoms with Gasteiger partial charge in [0.25, 0.3) is 0 Å². The highest BCUT2D eigenvalue weighted by molar-refractivity contribution is 5.47. The van der Waals surface area contributed by atoms with Gasteiger partial charge in [0.15, 0.2) is 0 Å². The van der Waals surface area contributed by atoms with Gasteiger partial charge in [0.1, 0.15) is 23.3 Å². The van der Waals surface area contributed by atoms with Crippen LogP contribution in [0.5, 0.6) is 0 Å². The van der Waals surface area contributed by atoms with E-state index >= 15 is 0 Å². The van der Waals surface area contributed by atoms with Crippen LogP contribution in [0.3, 0.4) is 0 Å². The minimum Gasteiger partial charge on any atom is -0.370 e. The molecule has 2 N–H and O–H groups in total. The van der Waals surface area contributed by atoms with Crippen LogP contribution in [0.15, 0.2) is 18.5 Å². The molecule has 6 heteroatoms. The molecule has 0 fully saturated rings. The van der Waals surface area contributed by atoms with Crippen LogP contribution >= 0.6 is 0 Å². The third-order valence-electron chi connectivity index (χ3n) is 2.54. The summed E-state index contributed by atoms with van der Waals surface area (Å²) in [7, 11) is 1.97. The number of hydrogen-bond donors (Lipinski definition) is 2. The van der Waals surface area contributed by atoms with Crippen molar-refractivity contribution in [3.8, 4) is 0 Å². The molecule has 0 aliphatic carbocycles. The Bertz CT molecular complexity index is 519. The first-order valence-electron chi connectivity index (χ1n) is 5.98. The average Bonchev–Trinajstić information content (AvgIpc) is 2.72. The van der Waals surface area contributed by atoms with Gasteiger partial charge in [-0.15, -0.1) is 0 Å². The second-order valence-corrected chi connectivity index (χ2v) is 4.02. The molecule has 0 aliphatic heterocycles. The molecule has 0 radical (unpaired) electrons. The number of aromatic nitrogens is 4. The van der Waals surface area contributed by atoms with Crippen LogP contribution in [0.2, 0.25) is 0 Å². The summed E-state index contributed by atoms with van der Waals surface area (Å²) < 4.78 is 1.98. The van der Waals surface area contributed by atoms with Gasteiger partial charge in [0.2, 0.25) is 0 Å². The predicted molar refractivity (Wildman–Crippen MR) is 71.5 cm³/mol. The van der Waals surface area contributed by atoms with Crippen molar-refractivity contribution in [1.82, 2.24) is 19.5 Å². The molecule has 0 unspecified atom stereocenters. The maximum atomic E-state index is 4.35. The van der Waals surface area contributed by atoms with E-state index in [4.69, 9.17) is 0 Å². The highest BCUT2D eigenvalue weighted by Gasteiger charge is 2.03. The molecular weight excluding hydrogens is 228 g/mol. The van der Waals surface area contributed by atoms with Gasteiger partial charge in [0.05, 0.1) is 6.54 Å². The first-order chi connectivity index (χ1) is 8.69. The van der Waals surface area contributed by atoms with Crippen LogP contribution in [-0.2, 0) is 13.6 Å². The zero-order valence-corrected chi connectivity index (χ0v) is 10.9. The minimum absolute atomic E-state index is 0.644. The Morgan fingerprint density at radius 1 is 1.22 bits per heavy atom. The summed E-state index contributed by atoms with van der Waals surface area (Å²) >= 11 is 0. The van der Waals surface area contributed by atoms with Crippen LogP contribution in [-0.4, -0.2) is 26.1 Å². The third-order valence-corrected chi connectivity index (χ3v) is 2.54. The lowest BCUT2D eigenvalue weighted by Gasteiger charge is -2.09.